The van der Waals surface area contributed by atoms with Crippen LogP contribution in [0.4, 0.5) is 5.82 Å². The molecule has 0 N–H and O–H groups in total. The van der Waals surface area contributed by atoms with Crippen LogP contribution in [0.5, 0.6) is 0 Å². The topological polar surface area (TPSA) is 16.1 Å². The molecule has 0 unspecified atom stereocenters. The first-order valence-corrected chi connectivity index (χ1v) is 4.72. The van der Waals surface area contributed by atoms with Crippen molar-refractivity contribution in [2.24, 2.45) is 0 Å². The average molecular weight is 239 g/mol. The molecule has 0 bridgehead atoms. The van der Waals surface area contributed by atoms with Crippen molar-refractivity contribution >= 4 is 21.7 Å². The van der Waals surface area contributed by atoms with Crippen LogP contribution in [0.15, 0.2) is 16.6 Å². The molecule has 0 aliphatic carbocycles. The lowest BCUT2D eigenvalue weighted by atomic mass is 10.3. The zero-order valence-corrected chi connectivity index (χ0v) is 9.30. The molecular formula is C10H11BrN2. The number of nitrogens with zero attached hydrogens (tertiary/aromatic N) is 2. The van der Waals surface area contributed by atoms with E-state index in [9.17, 15) is 0 Å². The van der Waals surface area contributed by atoms with Crippen molar-refractivity contribution in [3.05, 3.63) is 22.3 Å². The molecule has 0 amide bonds. The first kappa shape index (κ1) is 10.1. The van der Waals surface area contributed by atoms with Crippen molar-refractivity contribution in [2.75, 3.05) is 18.5 Å². The molecule has 0 saturated carbocycles. The molecule has 0 atom stereocenters. The van der Waals surface area contributed by atoms with Gasteiger partial charge in [0, 0.05) is 11.5 Å². The van der Waals surface area contributed by atoms with Gasteiger partial charge in [0.05, 0.1) is 12.2 Å². The van der Waals surface area contributed by atoms with Crippen LogP contribution in [0.25, 0.3) is 0 Å². The number of hydrogen-bond acceptors (Lipinski definition) is 2. The van der Waals surface area contributed by atoms with Gasteiger partial charge in [-0.1, -0.05) is 5.92 Å². The van der Waals surface area contributed by atoms with Crippen LogP contribution >= 0.6 is 15.9 Å². The highest BCUT2D eigenvalue weighted by Gasteiger charge is 2.02. The van der Waals surface area contributed by atoms with Gasteiger partial charge >= 0.3 is 0 Å². The van der Waals surface area contributed by atoms with Gasteiger partial charge in [0.25, 0.3) is 0 Å². The van der Waals surface area contributed by atoms with E-state index in [1.807, 2.05) is 31.0 Å². The van der Waals surface area contributed by atoms with E-state index in [0.29, 0.717) is 6.54 Å². The van der Waals surface area contributed by atoms with E-state index in [0.717, 1.165) is 16.0 Å². The number of pyridine rings is 1. The maximum atomic E-state index is 5.21. The highest BCUT2D eigenvalue weighted by molar-refractivity contribution is 9.10. The minimum atomic E-state index is 0.577. The first-order chi connectivity index (χ1) is 6.15. The number of halogens is 1. The summed E-state index contributed by atoms with van der Waals surface area (Å²) in [5, 5.41) is 0. The molecule has 68 valence electrons. The quantitative estimate of drug-likeness (QED) is 0.735. The van der Waals surface area contributed by atoms with Gasteiger partial charge in [0.15, 0.2) is 0 Å². The predicted molar refractivity (Wildman–Crippen MR) is 58.8 cm³/mol. The van der Waals surface area contributed by atoms with Gasteiger partial charge in [-0.15, -0.1) is 6.42 Å². The molecule has 0 radical (unpaired) electrons. The maximum Gasteiger partial charge on any atom is 0.129 e. The summed E-state index contributed by atoms with van der Waals surface area (Å²) in [6, 6.07) is 3.92. The molecule has 0 aliphatic heterocycles. The molecule has 13 heavy (non-hydrogen) atoms. The fourth-order valence-corrected chi connectivity index (χ4v) is 1.18. The Kier molecular flexibility index (Phi) is 3.32. The molecule has 1 aromatic heterocycles. The Bertz CT molecular complexity index is 341. The average Bonchev–Trinajstić information content (AvgIpc) is 2.10. The van der Waals surface area contributed by atoms with Crippen LogP contribution in [0.1, 0.15) is 5.69 Å². The Hall–Kier alpha value is -1.01. The van der Waals surface area contributed by atoms with Gasteiger partial charge in [-0.3, -0.25) is 0 Å². The molecule has 0 spiro atoms. The van der Waals surface area contributed by atoms with E-state index in [1.54, 1.807) is 0 Å². The number of aryl methyl sites for hydroxylation is 1. The molecule has 0 aromatic carbocycles. The van der Waals surface area contributed by atoms with Crippen LogP contribution < -0.4 is 4.90 Å². The SMILES string of the molecule is C#CCN(C)c1ccc(Br)c(C)n1. The van der Waals surface area contributed by atoms with Gasteiger partial charge in [-0.2, -0.15) is 0 Å². The highest BCUT2D eigenvalue weighted by Crippen LogP contribution is 2.17. The summed E-state index contributed by atoms with van der Waals surface area (Å²) >= 11 is 3.40. The van der Waals surface area contributed by atoms with E-state index in [1.165, 1.54) is 0 Å². The maximum absolute atomic E-state index is 5.21. The second-order valence-electron chi connectivity index (χ2n) is 2.80. The Labute approximate surface area is 87.1 Å². The van der Waals surface area contributed by atoms with Crippen molar-refractivity contribution in [2.45, 2.75) is 6.92 Å². The Morgan fingerprint density at radius 3 is 2.85 bits per heavy atom. The van der Waals surface area contributed by atoms with E-state index in [4.69, 9.17) is 6.42 Å². The minimum Gasteiger partial charge on any atom is -0.349 e. The smallest absolute Gasteiger partial charge is 0.129 e. The van der Waals surface area contributed by atoms with Gasteiger partial charge in [-0.05, 0) is 35.0 Å². The second kappa shape index (κ2) is 4.29. The summed E-state index contributed by atoms with van der Waals surface area (Å²) in [4.78, 5) is 6.30. The van der Waals surface area contributed by atoms with Crippen molar-refractivity contribution in [3.8, 4) is 12.3 Å². The first-order valence-electron chi connectivity index (χ1n) is 3.93. The van der Waals surface area contributed by atoms with Crippen molar-refractivity contribution in [3.63, 3.8) is 0 Å². The highest BCUT2D eigenvalue weighted by atomic mass is 79.9. The molecule has 0 aliphatic rings. The van der Waals surface area contributed by atoms with Crippen molar-refractivity contribution in [1.82, 2.24) is 4.98 Å². The van der Waals surface area contributed by atoms with Crippen LogP contribution in [0, 0.1) is 19.3 Å². The predicted octanol–water partition coefficient (Wildman–Crippen LogP) is 2.22. The molecular weight excluding hydrogens is 228 g/mol. The number of rotatable bonds is 2. The summed E-state index contributed by atoms with van der Waals surface area (Å²) in [6.07, 6.45) is 5.21. The molecule has 3 heteroatoms. The Morgan fingerprint density at radius 1 is 1.62 bits per heavy atom. The third kappa shape index (κ3) is 2.46. The largest absolute Gasteiger partial charge is 0.349 e. The lowest BCUT2D eigenvalue weighted by Crippen LogP contribution is -2.18. The Balaban J connectivity index is 2.91. The van der Waals surface area contributed by atoms with E-state index in [-0.39, 0.29) is 0 Å². The summed E-state index contributed by atoms with van der Waals surface area (Å²) in [6.45, 7) is 2.53. The van der Waals surface area contributed by atoms with E-state index < -0.39 is 0 Å². The van der Waals surface area contributed by atoms with Crippen LogP contribution in [0.2, 0.25) is 0 Å². The Morgan fingerprint density at radius 2 is 2.31 bits per heavy atom. The number of anilines is 1. The fourth-order valence-electron chi connectivity index (χ4n) is 0.961. The van der Waals surface area contributed by atoms with E-state index >= 15 is 0 Å². The molecule has 0 saturated heterocycles. The lowest BCUT2D eigenvalue weighted by Gasteiger charge is -2.15. The van der Waals surface area contributed by atoms with Crippen molar-refractivity contribution in [1.29, 1.82) is 0 Å². The molecule has 1 heterocycles. The summed E-state index contributed by atoms with van der Waals surface area (Å²) in [7, 11) is 1.93. The summed E-state index contributed by atoms with van der Waals surface area (Å²) < 4.78 is 1.02. The monoisotopic (exact) mass is 238 g/mol. The van der Waals surface area contributed by atoms with Gasteiger partial charge < -0.3 is 4.90 Å². The molecule has 2 nitrogen and oxygen atoms in total. The number of hydrogen-bond donors (Lipinski definition) is 0. The van der Waals surface area contributed by atoms with Gasteiger partial charge in [-0.25, -0.2) is 4.98 Å². The third-order valence-corrected chi connectivity index (χ3v) is 2.56. The molecule has 1 rings (SSSR count). The van der Waals surface area contributed by atoms with Crippen LogP contribution in [-0.4, -0.2) is 18.6 Å². The second-order valence-corrected chi connectivity index (χ2v) is 3.65. The van der Waals surface area contributed by atoms with Crippen molar-refractivity contribution < 1.29 is 0 Å². The molecule has 0 fully saturated rings. The lowest BCUT2D eigenvalue weighted by molar-refractivity contribution is 0.989. The standard InChI is InChI=1S/C10H11BrN2/c1-4-7-13(3)10-6-5-9(11)8(2)12-10/h1,5-6H,7H2,2-3H3. The summed E-state index contributed by atoms with van der Waals surface area (Å²) in [5.41, 5.74) is 0.973. The minimum absolute atomic E-state index is 0.577. The van der Waals surface area contributed by atoms with Gasteiger partial charge in [0.2, 0.25) is 0 Å². The van der Waals surface area contributed by atoms with Crippen LogP contribution in [-0.2, 0) is 0 Å². The normalized spacial score (nSPS) is 9.38. The third-order valence-electron chi connectivity index (χ3n) is 1.73. The van der Waals surface area contributed by atoms with Gasteiger partial charge in [0.1, 0.15) is 5.82 Å². The zero-order chi connectivity index (χ0) is 9.84. The number of aromatic nitrogens is 1. The summed E-state index contributed by atoms with van der Waals surface area (Å²) in [5.74, 6) is 3.48. The van der Waals surface area contributed by atoms with Crippen LogP contribution in [0.3, 0.4) is 0 Å². The molecule has 1 aromatic rings. The van der Waals surface area contributed by atoms with E-state index in [2.05, 4.69) is 26.8 Å². The number of terminal acetylenes is 1. The fraction of sp³-hybridized carbons (Fsp3) is 0.300. The zero-order valence-electron chi connectivity index (χ0n) is 7.71.